The Labute approximate surface area is 133 Å². The third kappa shape index (κ3) is 4.24. The van der Waals surface area contributed by atoms with E-state index in [-0.39, 0.29) is 23.6 Å². The summed E-state index contributed by atoms with van der Waals surface area (Å²) >= 11 is 0. The summed E-state index contributed by atoms with van der Waals surface area (Å²) in [4.78, 5) is 1.85. The number of halogens is 3. The van der Waals surface area contributed by atoms with E-state index in [4.69, 9.17) is 5.26 Å². The fourth-order valence-electron chi connectivity index (χ4n) is 2.17. The fourth-order valence-corrected chi connectivity index (χ4v) is 2.17. The first-order chi connectivity index (χ1) is 10.9. The first-order valence-electron chi connectivity index (χ1n) is 6.95. The smallest absolute Gasteiger partial charge is 0.150 e. The standard InChI is InChI=1S/C17H16F3N3/c1-23(2)10-13-4-3-11(5-14(13)18)9-22-17-15(19)6-12(8-21)7-16(17)20/h3-7,22H,9-10H2,1-2H3. The number of benzene rings is 2. The van der Waals surface area contributed by atoms with Gasteiger partial charge in [-0.3, -0.25) is 0 Å². The average Bonchev–Trinajstić information content (AvgIpc) is 2.48. The predicted molar refractivity (Wildman–Crippen MR) is 82.2 cm³/mol. The fraction of sp³-hybridized carbons (Fsp3) is 0.235. The Morgan fingerprint density at radius 3 is 2.22 bits per heavy atom. The van der Waals surface area contributed by atoms with Crippen LogP contribution in [-0.4, -0.2) is 19.0 Å². The number of nitrogens with zero attached hydrogens (tertiary/aromatic N) is 2. The van der Waals surface area contributed by atoms with Crippen LogP contribution in [0.1, 0.15) is 16.7 Å². The Morgan fingerprint density at radius 2 is 1.70 bits per heavy atom. The minimum atomic E-state index is -0.855. The van der Waals surface area contributed by atoms with Crippen molar-refractivity contribution in [1.82, 2.24) is 4.90 Å². The molecular weight excluding hydrogens is 303 g/mol. The van der Waals surface area contributed by atoms with Crippen LogP contribution < -0.4 is 5.32 Å². The summed E-state index contributed by atoms with van der Waals surface area (Å²) in [7, 11) is 3.68. The lowest BCUT2D eigenvalue weighted by Gasteiger charge is -2.13. The van der Waals surface area contributed by atoms with Gasteiger partial charge in [-0.2, -0.15) is 5.26 Å². The van der Waals surface area contributed by atoms with Gasteiger partial charge in [0.15, 0.2) is 11.6 Å². The quantitative estimate of drug-likeness (QED) is 0.914. The van der Waals surface area contributed by atoms with Crippen LogP contribution in [-0.2, 0) is 13.1 Å². The van der Waals surface area contributed by atoms with Crippen molar-refractivity contribution >= 4 is 5.69 Å². The zero-order valence-corrected chi connectivity index (χ0v) is 12.8. The van der Waals surface area contributed by atoms with Crippen LogP contribution in [0, 0.1) is 28.8 Å². The van der Waals surface area contributed by atoms with Gasteiger partial charge in [-0.25, -0.2) is 13.2 Å². The van der Waals surface area contributed by atoms with Gasteiger partial charge in [-0.1, -0.05) is 12.1 Å². The van der Waals surface area contributed by atoms with E-state index in [0.717, 1.165) is 12.1 Å². The zero-order valence-electron chi connectivity index (χ0n) is 12.8. The molecule has 0 spiro atoms. The van der Waals surface area contributed by atoms with Gasteiger partial charge in [-0.05, 0) is 37.9 Å². The molecule has 1 N–H and O–H groups in total. The Balaban J connectivity index is 2.13. The number of hydrogen-bond donors (Lipinski definition) is 1. The highest BCUT2D eigenvalue weighted by atomic mass is 19.1. The summed E-state index contributed by atoms with van der Waals surface area (Å²) in [6.45, 7) is 0.539. The van der Waals surface area contributed by atoms with Gasteiger partial charge < -0.3 is 10.2 Å². The molecule has 0 bridgehead atoms. The summed E-state index contributed by atoms with van der Waals surface area (Å²) in [5, 5.41) is 11.3. The van der Waals surface area contributed by atoms with Crippen molar-refractivity contribution in [1.29, 1.82) is 5.26 Å². The summed E-state index contributed by atoms with van der Waals surface area (Å²) in [5.41, 5.74) is 0.689. The number of nitriles is 1. The number of nitrogens with one attached hydrogen (secondary N) is 1. The monoisotopic (exact) mass is 319 g/mol. The van der Waals surface area contributed by atoms with E-state index in [1.54, 1.807) is 18.2 Å². The molecule has 0 aliphatic heterocycles. The highest BCUT2D eigenvalue weighted by Gasteiger charge is 2.11. The predicted octanol–water partition coefficient (Wildman–Crippen LogP) is 3.65. The minimum Gasteiger partial charge on any atom is -0.376 e. The number of anilines is 1. The lowest BCUT2D eigenvalue weighted by molar-refractivity contribution is 0.392. The van der Waals surface area contributed by atoms with Crippen molar-refractivity contribution in [3.05, 3.63) is 64.5 Å². The van der Waals surface area contributed by atoms with Crippen LogP contribution in [0.15, 0.2) is 30.3 Å². The minimum absolute atomic E-state index is 0.0684. The van der Waals surface area contributed by atoms with Gasteiger partial charge in [0, 0.05) is 18.7 Å². The molecule has 0 radical (unpaired) electrons. The van der Waals surface area contributed by atoms with Crippen molar-refractivity contribution in [3.63, 3.8) is 0 Å². The van der Waals surface area contributed by atoms with Crippen molar-refractivity contribution in [2.45, 2.75) is 13.1 Å². The van der Waals surface area contributed by atoms with E-state index in [1.807, 2.05) is 19.0 Å². The van der Waals surface area contributed by atoms with Crippen LogP contribution >= 0.6 is 0 Å². The van der Waals surface area contributed by atoms with Gasteiger partial charge >= 0.3 is 0 Å². The Morgan fingerprint density at radius 1 is 1.04 bits per heavy atom. The summed E-state index contributed by atoms with van der Waals surface area (Å²) < 4.78 is 41.5. The molecule has 0 saturated carbocycles. The maximum atomic E-state index is 14.0. The van der Waals surface area contributed by atoms with Gasteiger partial charge in [0.25, 0.3) is 0 Å². The van der Waals surface area contributed by atoms with Crippen molar-refractivity contribution in [2.75, 3.05) is 19.4 Å². The summed E-state index contributed by atoms with van der Waals surface area (Å²) in [5.74, 6) is -2.07. The van der Waals surface area contributed by atoms with Crippen molar-refractivity contribution in [3.8, 4) is 6.07 Å². The molecule has 2 aromatic rings. The third-order valence-electron chi connectivity index (χ3n) is 3.24. The molecule has 0 fully saturated rings. The van der Waals surface area contributed by atoms with Crippen LogP contribution in [0.4, 0.5) is 18.9 Å². The molecule has 6 heteroatoms. The molecule has 0 aromatic heterocycles. The number of hydrogen-bond acceptors (Lipinski definition) is 3. The molecule has 0 saturated heterocycles. The summed E-state index contributed by atoms with van der Waals surface area (Å²) in [6, 6.07) is 8.27. The Kier molecular flexibility index (Phi) is 5.24. The van der Waals surface area contributed by atoms with E-state index in [9.17, 15) is 13.2 Å². The molecule has 0 amide bonds. The normalized spacial score (nSPS) is 10.7. The molecular formula is C17H16F3N3. The van der Waals surface area contributed by atoms with Gasteiger partial charge in [0.2, 0.25) is 0 Å². The second-order valence-corrected chi connectivity index (χ2v) is 5.44. The van der Waals surface area contributed by atoms with Crippen molar-refractivity contribution in [2.24, 2.45) is 0 Å². The number of rotatable bonds is 5. The Bertz CT molecular complexity index is 728. The summed E-state index contributed by atoms with van der Waals surface area (Å²) in [6.07, 6.45) is 0. The van der Waals surface area contributed by atoms with Gasteiger partial charge in [0.05, 0.1) is 11.6 Å². The molecule has 2 rings (SSSR count). The van der Waals surface area contributed by atoms with E-state index < -0.39 is 11.6 Å². The molecule has 0 aliphatic rings. The van der Waals surface area contributed by atoms with Crippen LogP contribution in [0.5, 0.6) is 0 Å². The van der Waals surface area contributed by atoms with Gasteiger partial charge in [-0.15, -0.1) is 0 Å². The molecule has 0 unspecified atom stereocenters. The second kappa shape index (κ2) is 7.16. The first kappa shape index (κ1) is 16.8. The van der Waals surface area contributed by atoms with Crippen LogP contribution in [0.3, 0.4) is 0 Å². The van der Waals surface area contributed by atoms with E-state index in [2.05, 4.69) is 5.32 Å². The highest BCUT2D eigenvalue weighted by molar-refractivity contribution is 5.50. The van der Waals surface area contributed by atoms with Crippen LogP contribution in [0.2, 0.25) is 0 Å². The maximum absolute atomic E-state index is 14.0. The molecule has 0 aliphatic carbocycles. The SMILES string of the molecule is CN(C)Cc1ccc(CNc2c(F)cc(C#N)cc2F)cc1F. The third-order valence-corrected chi connectivity index (χ3v) is 3.24. The van der Waals surface area contributed by atoms with Crippen molar-refractivity contribution < 1.29 is 13.2 Å². The highest BCUT2D eigenvalue weighted by Crippen LogP contribution is 2.22. The molecule has 120 valence electrons. The van der Waals surface area contributed by atoms with E-state index in [0.29, 0.717) is 17.7 Å². The Hall–Kier alpha value is -2.52. The first-order valence-corrected chi connectivity index (χ1v) is 6.95. The lowest BCUT2D eigenvalue weighted by Crippen LogP contribution is -2.12. The molecule has 23 heavy (non-hydrogen) atoms. The molecule has 0 heterocycles. The second-order valence-electron chi connectivity index (χ2n) is 5.44. The van der Waals surface area contributed by atoms with E-state index >= 15 is 0 Å². The molecule has 0 atom stereocenters. The molecule has 2 aromatic carbocycles. The zero-order chi connectivity index (χ0) is 17.0. The average molecular weight is 319 g/mol. The largest absolute Gasteiger partial charge is 0.376 e. The molecule has 3 nitrogen and oxygen atoms in total. The van der Waals surface area contributed by atoms with Gasteiger partial charge in [0.1, 0.15) is 11.5 Å². The van der Waals surface area contributed by atoms with Crippen LogP contribution in [0.25, 0.3) is 0 Å². The lowest BCUT2D eigenvalue weighted by atomic mass is 10.1. The van der Waals surface area contributed by atoms with E-state index in [1.165, 1.54) is 6.07 Å². The maximum Gasteiger partial charge on any atom is 0.150 e. The topological polar surface area (TPSA) is 39.1 Å².